The highest BCUT2D eigenvalue weighted by molar-refractivity contribution is 4.89. The Balaban J connectivity index is 2.03. The molecule has 70 valence electrons. The second-order valence-corrected chi connectivity index (χ2v) is 4.80. The van der Waals surface area contributed by atoms with E-state index in [0.717, 1.165) is 17.9 Å². The Labute approximate surface area is 76.1 Å². The molecule has 0 aromatic rings. The van der Waals surface area contributed by atoms with Crippen LogP contribution >= 0.6 is 0 Å². The van der Waals surface area contributed by atoms with E-state index in [1.807, 2.05) is 0 Å². The maximum absolute atomic E-state index is 2.73. The van der Waals surface area contributed by atoms with Crippen molar-refractivity contribution in [1.29, 1.82) is 0 Å². The molecule has 0 N–H and O–H groups in total. The van der Waals surface area contributed by atoms with Crippen molar-refractivity contribution in [2.45, 2.75) is 45.6 Å². The number of hydrogen-bond donors (Lipinski definition) is 0. The number of nitrogens with zero attached hydrogens (tertiary/aromatic N) is 1. The summed E-state index contributed by atoms with van der Waals surface area (Å²) >= 11 is 0. The third-order valence-electron chi connectivity index (χ3n) is 3.75. The van der Waals surface area contributed by atoms with Crippen LogP contribution in [-0.4, -0.2) is 24.0 Å². The van der Waals surface area contributed by atoms with Gasteiger partial charge in [-0.15, -0.1) is 0 Å². The Kier molecular flexibility index (Phi) is 2.40. The lowest BCUT2D eigenvalue weighted by Crippen LogP contribution is -2.42. The average molecular weight is 167 g/mol. The van der Waals surface area contributed by atoms with Crippen molar-refractivity contribution < 1.29 is 0 Å². The molecule has 2 rings (SSSR count). The molecule has 2 atom stereocenters. The van der Waals surface area contributed by atoms with Crippen LogP contribution in [0.5, 0.6) is 0 Å². The second-order valence-electron chi connectivity index (χ2n) is 4.80. The summed E-state index contributed by atoms with van der Waals surface area (Å²) < 4.78 is 0. The highest BCUT2D eigenvalue weighted by atomic mass is 15.2. The highest BCUT2D eigenvalue weighted by Crippen LogP contribution is 2.35. The molecule has 0 radical (unpaired) electrons. The molecule has 2 saturated heterocycles. The van der Waals surface area contributed by atoms with E-state index in [1.165, 1.54) is 38.8 Å². The maximum atomic E-state index is 2.73. The van der Waals surface area contributed by atoms with Crippen molar-refractivity contribution in [3.05, 3.63) is 0 Å². The fraction of sp³-hybridized carbons (Fsp3) is 1.00. The molecule has 2 fully saturated rings. The minimum Gasteiger partial charge on any atom is -0.300 e. The molecule has 0 aliphatic carbocycles. The highest BCUT2D eigenvalue weighted by Gasteiger charge is 2.35. The molecule has 1 heteroatoms. The summed E-state index contributed by atoms with van der Waals surface area (Å²) in [5.41, 5.74) is 0. The van der Waals surface area contributed by atoms with Crippen LogP contribution in [-0.2, 0) is 0 Å². The minimum absolute atomic E-state index is 0.899. The summed E-state index contributed by atoms with van der Waals surface area (Å²) in [4.78, 5) is 2.73. The molecule has 0 spiro atoms. The predicted octanol–water partition coefficient (Wildman–Crippen LogP) is 2.52. The van der Waals surface area contributed by atoms with Crippen molar-refractivity contribution in [2.75, 3.05) is 13.1 Å². The third-order valence-corrected chi connectivity index (χ3v) is 3.75. The van der Waals surface area contributed by atoms with E-state index in [-0.39, 0.29) is 0 Å². The van der Waals surface area contributed by atoms with Crippen molar-refractivity contribution in [2.24, 2.45) is 11.8 Å². The smallest absolute Gasteiger partial charge is 0.0126 e. The molecular formula is C11H21N. The van der Waals surface area contributed by atoms with E-state index in [2.05, 4.69) is 18.7 Å². The number of rotatable bonds is 1. The van der Waals surface area contributed by atoms with Crippen molar-refractivity contribution in [1.82, 2.24) is 4.90 Å². The SMILES string of the molecule is CC(C)C1CCCN2CCC[C@@H]12. The van der Waals surface area contributed by atoms with Crippen molar-refractivity contribution >= 4 is 0 Å². The average Bonchev–Trinajstić information content (AvgIpc) is 2.49. The van der Waals surface area contributed by atoms with Gasteiger partial charge >= 0.3 is 0 Å². The number of fused-ring (bicyclic) bond motifs is 1. The normalized spacial score (nSPS) is 37.2. The zero-order valence-corrected chi connectivity index (χ0v) is 8.42. The maximum Gasteiger partial charge on any atom is 0.0126 e. The lowest BCUT2D eigenvalue weighted by molar-refractivity contribution is 0.104. The molecule has 0 amide bonds. The second kappa shape index (κ2) is 3.37. The quantitative estimate of drug-likeness (QED) is 0.580. The lowest BCUT2D eigenvalue weighted by atomic mass is 9.81. The lowest BCUT2D eigenvalue weighted by Gasteiger charge is -2.38. The van der Waals surface area contributed by atoms with Gasteiger partial charge < -0.3 is 4.90 Å². The fourth-order valence-electron chi connectivity index (χ4n) is 3.11. The Hall–Kier alpha value is -0.0400. The summed E-state index contributed by atoms with van der Waals surface area (Å²) in [6.07, 6.45) is 5.86. The molecule has 2 aliphatic rings. The third kappa shape index (κ3) is 1.39. The van der Waals surface area contributed by atoms with E-state index in [1.54, 1.807) is 0 Å². The van der Waals surface area contributed by atoms with E-state index < -0.39 is 0 Å². The Morgan fingerprint density at radius 1 is 1.08 bits per heavy atom. The molecule has 0 bridgehead atoms. The topological polar surface area (TPSA) is 3.24 Å². The summed E-state index contributed by atoms with van der Waals surface area (Å²) in [6.45, 7) is 7.56. The molecule has 0 aromatic heterocycles. The van der Waals surface area contributed by atoms with Crippen LogP contribution in [0.2, 0.25) is 0 Å². The summed E-state index contributed by atoms with van der Waals surface area (Å²) in [7, 11) is 0. The van der Waals surface area contributed by atoms with Crippen LogP contribution in [0.3, 0.4) is 0 Å². The number of piperidine rings is 1. The standard InChI is InChI=1S/C11H21N/c1-9(2)10-5-3-7-12-8-4-6-11(10)12/h9-11H,3-8H2,1-2H3/t10?,11-/m0/s1. The van der Waals surface area contributed by atoms with Gasteiger partial charge in [-0.05, 0) is 50.6 Å². The van der Waals surface area contributed by atoms with E-state index in [9.17, 15) is 0 Å². The first-order chi connectivity index (χ1) is 5.79. The Morgan fingerprint density at radius 3 is 2.42 bits per heavy atom. The van der Waals surface area contributed by atoms with Gasteiger partial charge in [0.25, 0.3) is 0 Å². The van der Waals surface area contributed by atoms with Crippen molar-refractivity contribution in [3.63, 3.8) is 0 Å². The van der Waals surface area contributed by atoms with Gasteiger partial charge in [0.2, 0.25) is 0 Å². The molecule has 1 unspecified atom stereocenters. The largest absolute Gasteiger partial charge is 0.300 e. The summed E-state index contributed by atoms with van der Waals surface area (Å²) in [5.74, 6) is 1.90. The molecule has 2 heterocycles. The van der Waals surface area contributed by atoms with Crippen LogP contribution in [0.25, 0.3) is 0 Å². The van der Waals surface area contributed by atoms with E-state index >= 15 is 0 Å². The first-order valence-electron chi connectivity index (χ1n) is 5.53. The van der Waals surface area contributed by atoms with Gasteiger partial charge in [-0.3, -0.25) is 0 Å². The monoisotopic (exact) mass is 167 g/mol. The zero-order chi connectivity index (χ0) is 8.55. The van der Waals surface area contributed by atoms with Crippen LogP contribution in [0.1, 0.15) is 39.5 Å². The molecular weight excluding hydrogens is 146 g/mol. The van der Waals surface area contributed by atoms with Crippen LogP contribution in [0.15, 0.2) is 0 Å². The first kappa shape index (κ1) is 8.55. The number of hydrogen-bond acceptors (Lipinski definition) is 1. The summed E-state index contributed by atoms with van der Waals surface area (Å²) in [6, 6.07) is 0.957. The van der Waals surface area contributed by atoms with E-state index in [4.69, 9.17) is 0 Å². The van der Waals surface area contributed by atoms with Crippen LogP contribution in [0, 0.1) is 11.8 Å². The van der Waals surface area contributed by atoms with Gasteiger partial charge in [0.1, 0.15) is 0 Å². The van der Waals surface area contributed by atoms with Gasteiger partial charge in [0, 0.05) is 6.04 Å². The molecule has 12 heavy (non-hydrogen) atoms. The summed E-state index contributed by atoms with van der Waals surface area (Å²) in [5, 5.41) is 0. The zero-order valence-electron chi connectivity index (χ0n) is 8.42. The van der Waals surface area contributed by atoms with E-state index in [0.29, 0.717) is 0 Å². The minimum atomic E-state index is 0.899. The molecule has 0 saturated carbocycles. The van der Waals surface area contributed by atoms with Gasteiger partial charge in [-0.1, -0.05) is 13.8 Å². The van der Waals surface area contributed by atoms with Gasteiger partial charge in [-0.2, -0.15) is 0 Å². The van der Waals surface area contributed by atoms with Gasteiger partial charge in [0.05, 0.1) is 0 Å². The molecule has 0 aromatic carbocycles. The van der Waals surface area contributed by atoms with Crippen molar-refractivity contribution in [3.8, 4) is 0 Å². The van der Waals surface area contributed by atoms with Crippen LogP contribution < -0.4 is 0 Å². The van der Waals surface area contributed by atoms with Crippen LogP contribution in [0.4, 0.5) is 0 Å². The fourth-order valence-corrected chi connectivity index (χ4v) is 3.11. The predicted molar refractivity (Wildman–Crippen MR) is 52.2 cm³/mol. The molecule has 2 aliphatic heterocycles. The molecule has 1 nitrogen and oxygen atoms in total. The Bertz CT molecular complexity index is 153. The van der Waals surface area contributed by atoms with Gasteiger partial charge in [0.15, 0.2) is 0 Å². The first-order valence-corrected chi connectivity index (χ1v) is 5.53. The van der Waals surface area contributed by atoms with Gasteiger partial charge in [-0.25, -0.2) is 0 Å². The Morgan fingerprint density at radius 2 is 1.75 bits per heavy atom.